The monoisotopic (exact) mass is 377 g/mol. The Morgan fingerprint density at radius 3 is 2.41 bits per heavy atom. The Labute approximate surface area is 162 Å². The molecule has 5 heteroatoms. The minimum atomic E-state index is -0.412. The molecule has 0 aromatic heterocycles. The van der Waals surface area contributed by atoms with Crippen molar-refractivity contribution in [3.63, 3.8) is 0 Å². The molecule has 27 heavy (non-hydrogen) atoms. The Balaban J connectivity index is 1.62. The maximum Gasteiger partial charge on any atom is 0.309 e. The second-order valence-corrected chi connectivity index (χ2v) is 7.37. The van der Waals surface area contributed by atoms with Crippen LogP contribution in [-0.2, 0) is 9.53 Å². The third-order valence-electron chi connectivity index (χ3n) is 5.18. The molecule has 0 radical (unpaired) electrons. The number of unbranched alkanes of at least 4 members (excludes halogenated alkanes) is 6. The van der Waals surface area contributed by atoms with Crippen molar-refractivity contribution in [1.82, 2.24) is 4.90 Å². The number of carbonyl (C=O) groups is 2. The summed E-state index contributed by atoms with van der Waals surface area (Å²) in [7, 11) is 0. The fourth-order valence-corrected chi connectivity index (χ4v) is 3.47. The lowest BCUT2D eigenvalue weighted by Crippen LogP contribution is -2.40. The van der Waals surface area contributed by atoms with E-state index in [1.807, 2.05) is 0 Å². The highest BCUT2D eigenvalue weighted by molar-refractivity contribution is 5.94. The third kappa shape index (κ3) is 7.31. The molecular formula is C22H32FNO3. The molecule has 150 valence electrons. The number of hydrogen-bond acceptors (Lipinski definition) is 3. The average Bonchev–Trinajstić information content (AvgIpc) is 2.69. The van der Waals surface area contributed by atoms with Gasteiger partial charge in [-0.2, -0.15) is 0 Å². The molecule has 1 heterocycles. The van der Waals surface area contributed by atoms with Gasteiger partial charge in [0.25, 0.3) is 5.91 Å². The van der Waals surface area contributed by atoms with Crippen molar-refractivity contribution in [1.29, 1.82) is 0 Å². The molecule has 1 aromatic rings. The number of rotatable bonds is 10. The molecule has 1 aliphatic rings. The predicted octanol–water partition coefficient (Wildman–Crippen LogP) is 4.97. The van der Waals surface area contributed by atoms with Crippen LogP contribution >= 0.6 is 0 Å². The maximum atomic E-state index is 13.3. The summed E-state index contributed by atoms with van der Waals surface area (Å²) in [6.45, 7) is 3.72. The van der Waals surface area contributed by atoms with Crippen molar-refractivity contribution in [2.75, 3.05) is 19.7 Å². The molecule has 1 amide bonds. The molecule has 0 bridgehead atoms. The number of likely N-dealkylation sites (tertiary alicyclic amines) is 1. The molecule has 0 N–H and O–H groups in total. The van der Waals surface area contributed by atoms with E-state index in [1.165, 1.54) is 50.3 Å². The van der Waals surface area contributed by atoms with Gasteiger partial charge in [-0.25, -0.2) is 4.39 Å². The molecule has 2 rings (SSSR count). The molecule has 0 aliphatic carbocycles. The lowest BCUT2D eigenvalue weighted by Gasteiger charge is -2.31. The number of hydrogen-bond donors (Lipinski definition) is 0. The van der Waals surface area contributed by atoms with Crippen molar-refractivity contribution in [3.8, 4) is 0 Å². The standard InChI is InChI=1S/C22H32FNO3/c1-2-3-4-5-6-7-8-16-27-22(26)18-12-14-24(15-13-18)21(25)19-10-9-11-20(23)17-19/h9-11,17-18H,2-8,12-16H2,1H3. The third-order valence-corrected chi connectivity index (χ3v) is 5.18. The summed E-state index contributed by atoms with van der Waals surface area (Å²) in [5.41, 5.74) is 0.356. The van der Waals surface area contributed by atoms with Gasteiger partial charge in [0.15, 0.2) is 0 Å². The molecule has 1 saturated heterocycles. The number of piperidine rings is 1. The van der Waals surface area contributed by atoms with Crippen LogP contribution in [-0.4, -0.2) is 36.5 Å². The SMILES string of the molecule is CCCCCCCCCOC(=O)C1CCN(C(=O)c2cccc(F)c2)CC1. The van der Waals surface area contributed by atoms with Gasteiger partial charge in [0.2, 0.25) is 0 Å². The predicted molar refractivity (Wildman–Crippen MR) is 104 cm³/mol. The van der Waals surface area contributed by atoms with Crippen LogP contribution in [0.1, 0.15) is 75.1 Å². The summed E-state index contributed by atoms with van der Waals surface area (Å²) >= 11 is 0. The van der Waals surface area contributed by atoms with Crippen LogP contribution in [0.4, 0.5) is 4.39 Å². The van der Waals surface area contributed by atoms with E-state index in [9.17, 15) is 14.0 Å². The Morgan fingerprint density at radius 2 is 1.74 bits per heavy atom. The van der Waals surface area contributed by atoms with Crippen LogP contribution in [0.25, 0.3) is 0 Å². The van der Waals surface area contributed by atoms with Gasteiger partial charge >= 0.3 is 5.97 Å². The zero-order valence-electron chi connectivity index (χ0n) is 16.4. The number of esters is 1. The van der Waals surface area contributed by atoms with E-state index in [1.54, 1.807) is 11.0 Å². The van der Waals surface area contributed by atoms with Gasteiger partial charge in [-0.1, -0.05) is 51.5 Å². The Kier molecular flexibility index (Phi) is 9.29. The van der Waals surface area contributed by atoms with E-state index < -0.39 is 5.82 Å². The largest absolute Gasteiger partial charge is 0.465 e. The van der Waals surface area contributed by atoms with Crippen LogP contribution in [0.5, 0.6) is 0 Å². The average molecular weight is 378 g/mol. The minimum Gasteiger partial charge on any atom is -0.465 e. The molecule has 0 spiro atoms. The highest BCUT2D eigenvalue weighted by atomic mass is 19.1. The number of ether oxygens (including phenoxy) is 1. The van der Waals surface area contributed by atoms with Gasteiger partial charge in [0.05, 0.1) is 12.5 Å². The number of nitrogens with zero attached hydrogens (tertiary/aromatic N) is 1. The molecule has 0 atom stereocenters. The Morgan fingerprint density at radius 1 is 1.07 bits per heavy atom. The first-order valence-electron chi connectivity index (χ1n) is 10.3. The summed E-state index contributed by atoms with van der Waals surface area (Å²) in [5.74, 6) is -0.862. The van der Waals surface area contributed by atoms with Crippen LogP contribution in [0.2, 0.25) is 0 Å². The smallest absolute Gasteiger partial charge is 0.309 e. The van der Waals surface area contributed by atoms with E-state index in [-0.39, 0.29) is 17.8 Å². The van der Waals surface area contributed by atoms with Gasteiger partial charge in [-0.3, -0.25) is 9.59 Å². The van der Waals surface area contributed by atoms with Crippen LogP contribution in [0.3, 0.4) is 0 Å². The summed E-state index contributed by atoms with van der Waals surface area (Å²) in [4.78, 5) is 26.3. The van der Waals surface area contributed by atoms with Crippen molar-refractivity contribution < 1.29 is 18.7 Å². The highest BCUT2D eigenvalue weighted by Crippen LogP contribution is 2.21. The molecule has 0 saturated carbocycles. The molecule has 1 fully saturated rings. The van der Waals surface area contributed by atoms with Crippen molar-refractivity contribution in [3.05, 3.63) is 35.6 Å². The van der Waals surface area contributed by atoms with E-state index >= 15 is 0 Å². The van der Waals surface area contributed by atoms with Gasteiger partial charge in [-0.05, 0) is 37.5 Å². The first kappa shape index (κ1) is 21.4. The second-order valence-electron chi connectivity index (χ2n) is 7.37. The molecule has 0 unspecified atom stereocenters. The topological polar surface area (TPSA) is 46.6 Å². The van der Waals surface area contributed by atoms with E-state index in [2.05, 4.69) is 6.92 Å². The van der Waals surface area contributed by atoms with E-state index in [0.717, 1.165) is 12.8 Å². The lowest BCUT2D eigenvalue weighted by atomic mass is 9.96. The normalized spacial score (nSPS) is 15.0. The minimum absolute atomic E-state index is 0.133. The maximum absolute atomic E-state index is 13.3. The summed E-state index contributed by atoms with van der Waals surface area (Å²) < 4.78 is 18.7. The van der Waals surface area contributed by atoms with E-state index in [4.69, 9.17) is 4.74 Å². The fraction of sp³-hybridized carbons (Fsp3) is 0.636. The Hall–Kier alpha value is -1.91. The quantitative estimate of drug-likeness (QED) is 0.427. The van der Waals surface area contributed by atoms with Gasteiger partial charge < -0.3 is 9.64 Å². The number of halogens is 1. The summed E-state index contributed by atoms with van der Waals surface area (Å²) in [6, 6.07) is 5.74. The van der Waals surface area contributed by atoms with Gasteiger partial charge in [0, 0.05) is 18.7 Å². The van der Waals surface area contributed by atoms with Crippen molar-refractivity contribution in [2.45, 2.75) is 64.7 Å². The van der Waals surface area contributed by atoms with E-state index in [0.29, 0.717) is 38.1 Å². The lowest BCUT2D eigenvalue weighted by molar-refractivity contribution is -0.150. The van der Waals surface area contributed by atoms with Crippen LogP contribution in [0, 0.1) is 11.7 Å². The molecule has 4 nitrogen and oxygen atoms in total. The zero-order valence-corrected chi connectivity index (χ0v) is 16.4. The van der Waals surface area contributed by atoms with Crippen LogP contribution < -0.4 is 0 Å². The highest BCUT2D eigenvalue weighted by Gasteiger charge is 2.28. The summed E-state index contributed by atoms with van der Waals surface area (Å²) in [5, 5.41) is 0. The number of carbonyl (C=O) groups excluding carboxylic acids is 2. The number of benzene rings is 1. The van der Waals surface area contributed by atoms with Crippen molar-refractivity contribution >= 4 is 11.9 Å². The summed E-state index contributed by atoms with van der Waals surface area (Å²) in [6.07, 6.45) is 9.57. The second kappa shape index (κ2) is 11.7. The van der Waals surface area contributed by atoms with Gasteiger partial charge in [0.1, 0.15) is 5.82 Å². The first-order chi connectivity index (χ1) is 13.1. The van der Waals surface area contributed by atoms with Gasteiger partial charge in [-0.15, -0.1) is 0 Å². The molecular weight excluding hydrogens is 345 g/mol. The van der Waals surface area contributed by atoms with Crippen molar-refractivity contribution in [2.24, 2.45) is 5.92 Å². The van der Waals surface area contributed by atoms with Crippen LogP contribution in [0.15, 0.2) is 24.3 Å². The molecule has 1 aromatic carbocycles. The first-order valence-corrected chi connectivity index (χ1v) is 10.3. The number of amides is 1. The fourth-order valence-electron chi connectivity index (χ4n) is 3.47. The molecule has 1 aliphatic heterocycles. The Bertz CT molecular complexity index is 597. The zero-order chi connectivity index (χ0) is 19.5.